The van der Waals surface area contributed by atoms with Crippen LogP contribution in [0.5, 0.6) is 0 Å². The quantitative estimate of drug-likeness (QED) is 0.793. The fraction of sp³-hybridized carbons (Fsp3) is 0.417. The van der Waals surface area contributed by atoms with Gasteiger partial charge in [-0.1, -0.05) is 48.0 Å². The number of likely N-dealkylation sites (tertiary alicyclic amines) is 1. The van der Waals surface area contributed by atoms with Gasteiger partial charge in [-0.05, 0) is 43.0 Å². The highest BCUT2D eigenvalue weighted by atomic mass is 35.5. The molecule has 2 aromatic rings. The highest BCUT2D eigenvalue weighted by Gasteiger charge is 2.36. The van der Waals surface area contributed by atoms with Gasteiger partial charge in [0.15, 0.2) is 0 Å². The third-order valence-corrected chi connectivity index (χ3v) is 6.55. The Hall–Kier alpha value is -2.37. The zero-order valence-corrected chi connectivity index (χ0v) is 18.1. The number of hydrogen-bond acceptors (Lipinski definition) is 3. The van der Waals surface area contributed by atoms with Crippen molar-refractivity contribution in [2.75, 3.05) is 24.5 Å². The Labute approximate surface area is 183 Å². The number of halogens is 1. The highest BCUT2D eigenvalue weighted by Crippen LogP contribution is 2.29. The average Bonchev–Trinajstić information content (AvgIpc) is 3.14. The molecule has 0 aliphatic carbocycles. The van der Waals surface area contributed by atoms with Gasteiger partial charge in [0.25, 0.3) is 0 Å². The Bertz CT molecular complexity index is 910. The smallest absolute Gasteiger partial charge is 0.227 e. The van der Waals surface area contributed by atoms with Crippen LogP contribution in [0.2, 0.25) is 5.02 Å². The second-order valence-electron chi connectivity index (χ2n) is 8.38. The molecule has 2 heterocycles. The molecular weight excluding hydrogens is 398 g/mol. The monoisotopic (exact) mass is 425 g/mol. The first-order valence-electron chi connectivity index (χ1n) is 10.6. The molecule has 0 saturated carbocycles. The first-order valence-corrected chi connectivity index (χ1v) is 11.0. The third kappa shape index (κ3) is 4.85. The van der Waals surface area contributed by atoms with Crippen molar-refractivity contribution in [1.82, 2.24) is 10.2 Å². The molecule has 0 bridgehead atoms. The number of nitrogens with one attached hydrogen (secondary N) is 1. The molecule has 2 aliphatic rings. The fourth-order valence-electron chi connectivity index (χ4n) is 4.28. The van der Waals surface area contributed by atoms with Gasteiger partial charge in [-0.3, -0.25) is 14.5 Å². The average molecular weight is 426 g/mol. The summed E-state index contributed by atoms with van der Waals surface area (Å²) < 4.78 is 0. The second kappa shape index (κ2) is 9.19. The minimum absolute atomic E-state index is 0.00873. The Balaban J connectivity index is 1.27. The van der Waals surface area contributed by atoms with E-state index in [4.69, 9.17) is 11.6 Å². The van der Waals surface area contributed by atoms with E-state index in [-0.39, 0.29) is 30.2 Å². The van der Waals surface area contributed by atoms with Crippen LogP contribution in [0, 0.1) is 12.8 Å². The zero-order chi connectivity index (χ0) is 21.1. The molecule has 2 aliphatic heterocycles. The van der Waals surface area contributed by atoms with Crippen molar-refractivity contribution in [3.63, 3.8) is 0 Å². The molecule has 4 rings (SSSR count). The first kappa shape index (κ1) is 20.9. The minimum Gasteiger partial charge on any atom is -0.353 e. The number of amides is 2. The molecule has 2 saturated heterocycles. The second-order valence-corrected chi connectivity index (χ2v) is 8.79. The Morgan fingerprint density at radius 1 is 1.13 bits per heavy atom. The molecule has 30 heavy (non-hydrogen) atoms. The molecule has 2 fully saturated rings. The predicted molar refractivity (Wildman–Crippen MR) is 120 cm³/mol. The molecule has 158 valence electrons. The Kier molecular flexibility index (Phi) is 6.40. The van der Waals surface area contributed by atoms with Crippen molar-refractivity contribution in [3.05, 3.63) is 64.7 Å². The lowest BCUT2D eigenvalue weighted by Crippen LogP contribution is -2.46. The van der Waals surface area contributed by atoms with Crippen molar-refractivity contribution in [1.29, 1.82) is 0 Å². The predicted octanol–water partition coefficient (Wildman–Crippen LogP) is 3.78. The van der Waals surface area contributed by atoms with Crippen molar-refractivity contribution < 1.29 is 9.59 Å². The maximum atomic E-state index is 12.8. The van der Waals surface area contributed by atoms with Crippen LogP contribution in [0.3, 0.4) is 0 Å². The number of benzene rings is 2. The van der Waals surface area contributed by atoms with Crippen LogP contribution in [0.25, 0.3) is 0 Å². The molecule has 0 spiro atoms. The van der Waals surface area contributed by atoms with Gasteiger partial charge in [-0.25, -0.2) is 0 Å². The normalized spacial score (nSPS) is 20.5. The number of piperidine rings is 1. The van der Waals surface area contributed by atoms with E-state index in [9.17, 15) is 9.59 Å². The van der Waals surface area contributed by atoms with E-state index in [2.05, 4.69) is 34.5 Å². The summed E-state index contributed by atoms with van der Waals surface area (Å²) in [5.74, 6) is -0.335. The van der Waals surface area contributed by atoms with E-state index in [1.165, 1.54) is 5.56 Å². The maximum absolute atomic E-state index is 12.8. The lowest BCUT2D eigenvalue weighted by atomic mass is 10.0. The van der Waals surface area contributed by atoms with Crippen molar-refractivity contribution in [2.45, 2.75) is 38.8 Å². The largest absolute Gasteiger partial charge is 0.353 e. The summed E-state index contributed by atoms with van der Waals surface area (Å²) in [4.78, 5) is 29.4. The lowest BCUT2D eigenvalue weighted by Gasteiger charge is -2.32. The van der Waals surface area contributed by atoms with Crippen LogP contribution in [0.15, 0.2) is 48.5 Å². The maximum Gasteiger partial charge on any atom is 0.227 e. The van der Waals surface area contributed by atoms with E-state index < -0.39 is 0 Å². The lowest BCUT2D eigenvalue weighted by molar-refractivity contribution is -0.127. The molecule has 0 unspecified atom stereocenters. The van der Waals surface area contributed by atoms with E-state index in [0.29, 0.717) is 11.6 Å². The number of nitrogens with zero attached hydrogens (tertiary/aromatic N) is 2. The molecule has 0 aromatic heterocycles. The van der Waals surface area contributed by atoms with Crippen molar-refractivity contribution in [3.8, 4) is 0 Å². The molecule has 6 heteroatoms. The van der Waals surface area contributed by atoms with E-state index in [1.807, 2.05) is 25.1 Å². The van der Waals surface area contributed by atoms with Gasteiger partial charge >= 0.3 is 0 Å². The zero-order valence-electron chi connectivity index (χ0n) is 17.3. The Morgan fingerprint density at radius 3 is 2.57 bits per heavy atom. The topological polar surface area (TPSA) is 52.7 Å². The van der Waals surface area contributed by atoms with Crippen LogP contribution in [-0.4, -0.2) is 42.4 Å². The summed E-state index contributed by atoms with van der Waals surface area (Å²) in [6.45, 7) is 5.23. The molecule has 0 radical (unpaired) electrons. The van der Waals surface area contributed by atoms with Gasteiger partial charge < -0.3 is 10.2 Å². The van der Waals surface area contributed by atoms with Gasteiger partial charge in [0.1, 0.15) is 0 Å². The van der Waals surface area contributed by atoms with E-state index in [1.54, 1.807) is 11.0 Å². The summed E-state index contributed by atoms with van der Waals surface area (Å²) in [5, 5.41) is 3.82. The number of anilines is 1. The highest BCUT2D eigenvalue weighted by molar-refractivity contribution is 6.31. The van der Waals surface area contributed by atoms with Gasteiger partial charge in [-0.2, -0.15) is 0 Å². The fourth-order valence-corrected chi connectivity index (χ4v) is 4.45. The standard InChI is InChI=1S/C24H28ClN3O2/c1-17-7-8-21(14-22(17)25)28-16-19(13-23(28)29)24(30)26-20-9-11-27(12-10-20)15-18-5-3-2-4-6-18/h2-8,14,19-20H,9-13,15-16H2,1H3,(H,26,30)/t19-/m1/s1. The first-order chi connectivity index (χ1) is 14.5. The van der Waals surface area contributed by atoms with Gasteiger partial charge in [0.05, 0.1) is 5.92 Å². The van der Waals surface area contributed by atoms with Gasteiger partial charge in [-0.15, -0.1) is 0 Å². The third-order valence-electron chi connectivity index (χ3n) is 6.15. The van der Waals surface area contributed by atoms with Crippen LogP contribution < -0.4 is 10.2 Å². The molecule has 2 amide bonds. The Morgan fingerprint density at radius 2 is 1.87 bits per heavy atom. The molecule has 2 aromatic carbocycles. The van der Waals surface area contributed by atoms with Crippen molar-refractivity contribution in [2.24, 2.45) is 5.92 Å². The molecular formula is C24H28ClN3O2. The number of carbonyl (C=O) groups is 2. The number of rotatable bonds is 5. The molecule has 1 N–H and O–H groups in total. The summed E-state index contributed by atoms with van der Waals surface area (Å²) in [7, 11) is 0. The summed E-state index contributed by atoms with van der Waals surface area (Å²) >= 11 is 6.21. The molecule has 5 nitrogen and oxygen atoms in total. The summed E-state index contributed by atoms with van der Waals surface area (Å²) in [6, 6.07) is 16.3. The number of carbonyl (C=O) groups excluding carboxylic acids is 2. The SMILES string of the molecule is Cc1ccc(N2C[C@H](C(=O)NC3CCN(Cc4ccccc4)CC3)CC2=O)cc1Cl. The van der Waals surface area contributed by atoms with E-state index in [0.717, 1.165) is 43.7 Å². The number of hydrogen-bond donors (Lipinski definition) is 1. The van der Waals surface area contributed by atoms with Crippen LogP contribution >= 0.6 is 11.6 Å². The summed E-state index contributed by atoms with van der Waals surface area (Å²) in [6.07, 6.45) is 2.14. The van der Waals surface area contributed by atoms with Gasteiger partial charge in [0.2, 0.25) is 11.8 Å². The van der Waals surface area contributed by atoms with Crippen LogP contribution in [0.4, 0.5) is 5.69 Å². The number of aryl methyl sites for hydroxylation is 1. The minimum atomic E-state index is -0.306. The summed E-state index contributed by atoms with van der Waals surface area (Å²) in [5.41, 5.74) is 3.06. The van der Waals surface area contributed by atoms with Crippen molar-refractivity contribution >= 4 is 29.1 Å². The van der Waals surface area contributed by atoms with Crippen LogP contribution in [-0.2, 0) is 16.1 Å². The van der Waals surface area contributed by atoms with Gasteiger partial charge in [0, 0.05) is 49.4 Å². The van der Waals surface area contributed by atoms with E-state index >= 15 is 0 Å². The van der Waals surface area contributed by atoms with Crippen LogP contribution in [0.1, 0.15) is 30.4 Å². The molecule has 1 atom stereocenters.